The third-order valence-corrected chi connectivity index (χ3v) is 3.27. The van der Waals surface area contributed by atoms with E-state index in [2.05, 4.69) is 4.74 Å². The molecule has 0 saturated carbocycles. The van der Waals surface area contributed by atoms with Gasteiger partial charge in [0.1, 0.15) is 0 Å². The number of carbonyl (C=O) groups excluding carboxylic acids is 2. The van der Waals surface area contributed by atoms with Gasteiger partial charge in [0.05, 0.1) is 7.11 Å². The van der Waals surface area contributed by atoms with Crippen LogP contribution in [-0.4, -0.2) is 37.5 Å². The lowest BCUT2D eigenvalue weighted by Gasteiger charge is -2.17. The number of hydrogen-bond donors (Lipinski definition) is 0. The van der Waals surface area contributed by atoms with Crippen molar-refractivity contribution in [2.75, 3.05) is 20.7 Å². The molecule has 0 heterocycles. The molecular weight excluding hydrogens is 266 g/mol. The first kappa shape index (κ1) is 15.5. The molecule has 1 rings (SSSR count). The SMILES string of the molecule is COC(=O)CCCN(C)C(=O)c1ccc(C)c(Cl)c1. The lowest BCUT2D eigenvalue weighted by atomic mass is 10.1. The van der Waals surface area contributed by atoms with Gasteiger partial charge in [0.25, 0.3) is 5.91 Å². The summed E-state index contributed by atoms with van der Waals surface area (Å²) in [4.78, 5) is 24.7. The number of rotatable bonds is 5. The molecule has 0 N–H and O–H groups in total. The average Bonchev–Trinajstić information content (AvgIpc) is 2.40. The second kappa shape index (κ2) is 7.14. The fourth-order valence-corrected chi connectivity index (χ4v) is 1.79. The molecule has 1 amide bonds. The lowest BCUT2D eigenvalue weighted by molar-refractivity contribution is -0.140. The maximum Gasteiger partial charge on any atom is 0.305 e. The van der Waals surface area contributed by atoms with Crippen LogP contribution in [0.25, 0.3) is 0 Å². The highest BCUT2D eigenvalue weighted by molar-refractivity contribution is 6.31. The highest BCUT2D eigenvalue weighted by Gasteiger charge is 2.13. The van der Waals surface area contributed by atoms with Crippen LogP contribution in [-0.2, 0) is 9.53 Å². The van der Waals surface area contributed by atoms with Crippen molar-refractivity contribution in [3.05, 3.63) is 34.3 Å². The van der Waals surface area contributed by atoms with Crippen LogP contribution in [0.1, 0.15) is 28.8 Å². The van der Waals surface area contributed by atoms with Gasteiger partial charge < -0.3 is 9.64 Å². The van der Waals surface area contributed by atoms with E-state index in [0.717, 1.165) is 5.56 Å². The highest BCUT2D eigenvalue weighted by Crippen LogP contribution is 2.17. The zero-order valence-electron chi connectivity index (χ0n) is 11.4. The Morgan fingerprint density at radius 1 is 1.37 bits per heavy atom. The molecule has 104 valence electrons. The Hall–Kier alpha value is -1.55. The van der Waals surface area contributed by atoms with Crippen molar-refractivity contribution < 1.29 is 14.3 Å². The first-order valence-electron chi connectivity index (χ1n) is 6.04. The van der Waals surface area contributed by atoms with Crippen molar-refractivity contribution in [1.29, 1.82) is 0 Å². The first-order valence-corrected chi connectivity index (χ1v) is 6.42. The van der Waals surface area contributed by atoms with Crippen LogP contribution in [0.15, 0.2) is 18.2 Å². The van der Waals surface area contributed by atoms with Crippen LogP contribution >= 0.6 is 11.6 Å². The van der Waals surface area contributed by atoms with Gasteiger partial charge in [-0.1, -0.05) is 17.7 Å². The summed E-state index contributed by atoms with van der Waals surface area (Å²) in [5.41, 5.74) is 1.49. The fraction of sp³-hybridized carbons (Fsp3) is 0.429. The maximum atomic E-state index is 12.1. The van der Waals surface area contributed by atoms with Gasteiger partial charge in [0.2, 0.25) is 0 Å². The summed E-state index contributed by atoms with van der Waals surface area (Å²) in [7, 11) is 3.05. The fourth-order valence-electron chi connectivity index (χ4n) is 1.61. The first-order chi connectivity index (χ1) is 8.95. The predicted molar refractivity (Wildman–Crippen MR) is 74.4 cm³/mol. The summed E-state index contributed by atoms with van der Waals surface area (Å²) in [6, 6.07) is 5.23. The number of ether oxygens (including phenoxy) is 1. The van der Waals surface area contributed by atoms with E-state index < -0.39 is 0 Å². The Kier molecular flexibility index (Phi) is 5.83. The van der Waals surface area contributed by atoms with Crippen molar-refractivity contribution in [2.24, 2.45) is 0 Å². The summed E-state index contributed by atoms with van der Waals surface area (Å²) < 4.78 is 4.55. The number of nitrogens with zero attached hydrogens (tertiary/aromatic N) is 1. The molecule has 0 saturated heterocycles. The second-order valence-electron chi connectivity index (χ2n) is 4.37. The van der Waals surface area contributed by atoms with E-state index in [4.69, 9.17) is 11.6 Å². The minimum Gasteiger partial charge on any atom is -0.469 e. The smallest absolute Gasteiger partial charge is 0.305 e. The van der Waals surface area contributed by atoms with Crippen molar-refractivity contribution in [2.45, 2.75) is 19.8 Å². The summed E-state index contributed by atoms with van der Waals surface area (Å²) in [5, 5.41) is 0.578. The van der Waals surface area contributed by atoms with Crippen molar-refractivity contribution in [1.82, 2.24) is 4.90 Å². The zero-order chi connectivity index (χ0) is 14.4. The molecule has 0 aliphatic heterocycles. The van der Waals surface area contributed by atoms with Crippen LogP contribution in [0.5, 0.6) is 0 Å². The van der Waals surface area contributed by atoms with E-state index in [1.807, 2.05) is 13.0 Å². The predicted octanol–water partition coefficient (Wildman–Crippen LogP) is 2.67. The van der Waals surface area contributed by atoms with Crippen LogP contribution in [0, 0.1) is 6.92 Å². The van der Waals surface area contributed by atoms with Crippen LogP contribution in [0.2, 0.25) is 5.02 Å². The third-order valence-electron chi connectivity index (χ3n) is 2.87. The molecule has 0 radical (unpaired) electrons. The molecule has 0 spiro atoms. The minimum atomic E-state index is -0.265. The molecule has 19 heavy (non-hydrogen) atoms. The number of hydrogen-bond acceptors (Lipinski definition) is 3. The maximum absolute atomic E-state index is 12.1. The Bertz CT molecular complexity index is 474. The molecule has 0 unspecified atom stereocenters. The van der Waals surface area contributed by atoms with Crippen molar-refractivity contribution in [3.63, 3.8) is 0 Å². The zero-order valence-corrected chi connectivity index (χ0v) is 12.2. The van der Waals surface area contributed by atoms with Gasteiger partial charge in [0.15, 0.2) is 0 Å². The molecular formula is C14H18ClNO3. The molecule has 0 aliphatic carbocycles. The number of halogens is 1. The number of aryl methyl sites for hydroxylation is 1. The van der Waals surface area contributed by atoms with Gasteiger partial charge in [-0.05, 0) is 31.0 Å². The van der Waals surface area contributed by atoms with Gasteiger partial charge in [-0.2, -0.15) is 0 Å². The molecule has 0 atom stereocenters. The highest BCUT2D eigenvalue weighted by atomic mass is 35.5. The van der Waals surface area contributed by atoms with Gasteiger partial charge in [-0.15, -0.1) is 0 Å². The second-order valence-corrected chi connectivity index (χ2v) is 4.78. The standard InChI is InChI=1S/C14H18ClNO3/c1-10-6-7-11(9-12(10)15)14(18)16(2)8-4-5-13(17)19-3/h6-7,9H,4-5,8H2,1-3H3. The van der Waals surface area contributed by atoms with Crippen LogP contribution < -0.4 is 0 Å². The molecule has 0 fully saturated rings. The normalized spacial score (nSPS) is 10.1. The van der Waals surface area contributed by atoms with E-state index >= 15 is 0 Å². The number of esters is 1. The Balaban J connectivity index is 2.56. The summed E-state index contributed by atoms with van der Waals surface area (Å²) in [5.74, 6) is -0.369. The Labute approximate surface area is 118 Å². The minimum absolute atomic E-state index is 0.105. The molecule has 4 nitrogen and oxygen atoms in total. The van der Waals surface area contributed by atoms with E-state index in [-0.39, 0.29) is 11.9 Å². The number of carbonyl (C=O) groups is 2. The van der Waals surface area contributed by atoms with Gasteiger partial charge in [-0.25, -0.2) is 0 Å². The average molecular weight is 284 g/mol. The largest absolute Gasteiger partial charge is 0.469 e. The lowest BCUT2D eigenvalue weighted by Crippen LogP contribution is -2.28. The Morgan fingerprint density at radius 3 is 2.63 bits per heavy atom. The summed E-state index contributed by atoms with van der Waals surface area (Å²) in [6.07, 6.45) is 0.886. The number of benzene rings is 1. The molecule has 1 aromatic carbocycles. The van der Waals surface area contributed by atoms with E-state index in [0.29, 0.717) is 30.0 Å². The van der Waals surface area contributed by atoms with Crippen LogP contribution in [0.3, 0.4) is 0 Å². The number of amides is 1. The van der Waals surface area contributed by atoms with Crippen molar-refractivity contribution in [3.8, 4) is 0 Å². The molecule has 1 aromatic rings. The van der Waals surface area contributed by atoms with Crippen LogP contribution in [0.4, 0.5) is 0 Å². The topological polar surface area (TPSA) is 46.6 Å². The van der Waals surface area contributed by atoms with E-state index in [1.54, 1.807) is 24.1 Å². The van der Waals surface area contributed by atoms with Gasteiger partial charge in [0, 0.05) is 30.6 Å². The summed E-state index contributed by atoms with van der Waals surface area (Å²) >= 11 is 6.00. The van der Waals surface area contributed by atoms with E-state index in [1.165, 1.54) is 7.11 Å². The third kappa shape index (κ3) is 4.56. The summed E-state index contributed by atoms with van der Waals surface area (Å²) in [6.45, 7) is 2.39. The Morgan fingerprint density at radius 2 is 2.05 bits per heavy atom. The molecule has 0 bridgehead atoms. The monoisotopic (exact) mass is 283 g/mol. The molecule has 0 aliphatic rings. The van der Waals surface area contributed by atoms with Gasteiger partial charge >= 0.3 is 5.97 Å². The van der Waals surface area contributed by atoms with E-state index in [9.17, 15) is 9.59 Å². The molecule has 0 aromatic heterocycles. The van der Waals surface area contributed by atoms with Crippen molar-refractivity contribution >= 4 is 23.5 Å². The van der Waals surface area contributed by atoms with Gasteiger partial charge in [-0.3, -0.25) is 9.59 Å². The quantitative estimate of drug-likeness (QED) is 0.781. The molecule has 5 heteroatoms. The number of methoxy groups -OCH3 is 1.